The molecule has 0 bridgehead atoms. The summed E-state index contributed by atoms with van der Waals surface area (Å²) in [7, 11) is 0. The SMILES string of the molecule is CCCC1(CNC(=O)c2cc3n(n2)CC(O)CNC3=O)CCC1. The summed E-state index contributed by atoms with van der Waals surface area (Å²) >= 11 is 0. The van der Waals surface area contributed by atoms with Gasteiger partial charge in [-0.15, -0.1) is 0 Å². The summed E-state index contributed by atoms with van der Waals surface area (Å²) in [5.41, 5.74) is 0.795. The van der Waals surface area contributed by atoms with E-state index in [4.69, 9.17) is 0 Å². The number of hydrogen-bond donors (Lipinski definition) is 3. The van der Waals surface area contributed by atoms with Crippen LogP contribution in [0.2, 0.25) is 0 Å². The van der Waals surface area contributed by atoms with Crippen molar-refractivity contribution in [2.75, 3.05) is 13.1 Å². The number of fused-ring (bicyclic) bond motifs is 1. The zero-order valence-electron chi connectivity index (χ0n) is 13.5. The number of nitrogens with one attached hydrogen (secondary N) is 2. The second-order valence-corrected chi connectivity index (χ2v) is 6.75. The Labute approximate surface area is 135 Å². The maximum absolute atomic E-state index is 12.3. The van der Waals surface area contributed by atoms with Gasteiger partial charge in [-0.2, -0.15) is 5.10 Å². The monoisotopic (exact) mass is 320 g/mol. The molecule has 1 atom stereocenters. The second-order valence-electron chi connectivity index (χ2n) is 6.75. The van der Waals surface area contributed by atoms with Crippen LogP contribution in [-0.4, -0.2) is 45.9 Å². The smallest absolute Gasteiger partial charge is 0.271 e. The highest BCUT2D eigenvalue weighted by molar-refractivity contribution is 5.98. The van der Waals surface area contributed by atoms with Crippen molar-refractivity contribution >= 4 is 11.8 Å². The molecule has 2 heterocycles. The van der Waals surface area contributed by atoms with E-state index in [0.717, 1.165) is 25.7 Å². The highest BCUT2D eigenvalue weighted by atomic mass is 16.3. The largest absolute Gasteiger partial charge is 0.389 e. The molecule has 1 aromatic rings. The molecule has 1 aliphatic heterocycles. The van der Waals surface area contributed by atoms with Gasteiger partial charge < -0.3 is 15.7 Å². The van der Waals surface area contributed by atoms with Crippen LogP contribution in [0.25, 0.3) is 0 Å². The Morgan fingerprint density at radius 3 is 3.00 bits per heavy atom. The molecular weight excluding hydrogens is 296 g/mol. The first-order valence-electron chi connectivity index (χ1n) is 8.35. The topological polar surface area (TPSA) is 96.2 Å². The molecule has 1 unspecified atom stereocenters. The number of β-amino-alcohol motifs (C(OH)–C–C–N with tert-alkyl or cyclic N) is 1. The number of aliphatic hydroxyl groups excluding tert-OH is 1. The predicted octanol–water partition coefficient (Wildman–Crippen LogP) is 0.688. The van der Waals surface area contributed by atoms with Crippen LogP contribution in [0.5, 0.6) is 0 Å². The lowest BCUT2D eigenvalue weighted by Gasteiger charge is -2.42. The quantitative estimate of drug-likeness (QED) is 0.743. The fourth-order valence-corrected chi connectivity index (χ4v) is 3.50. The average molecular weight is 320 g/mol. The first kappa shape index (κ1) is 16.0. The second kappa shape index (κ2) is 6.31. The van der Waals surface area contributed by atoms with E-state index in [9.17, 15) is 14.7 Å². The van der Waals surface area contributed by atoms with Gasteiger partial charge in [0.1, 0.15) is 5.69 Å². The number of carbonyl (C=O) groups excluding carboxylic acids is 2. The summed E-state index contributed by atoms with van der Waals surface area (Å²) in [6.45, 7) is 3.24. The van der Waals surface area contributed by atoms with Crippen molar-refractivity contribution in [2.45, 2.75) is 51.7 Å². The lowest BCUT2D eigenvalue weighted by Crippen LogP contribution is -2.42. The lowest BCUT2D eigenvalue weighted by atomic mass is 9.66. The lowest BCUT2D eigenvalue weighted by molar-refractivity contribution is 0.0826. The zero-order chi connectivity index (χ0) is 16.4. The molecule has 0 aromatic carbocycles. The Morgan fingerprint density at radius 2 is 2.35 bits per heavy atom. The molecule has 2 aliphatic rings. The number of aromatic nitrogens is 2. The van der Waals surface area contributed by atoms with E-state index in [2.05, 4.69) is 22.7 Å². The van der Waals surface area contributed by atoms with Gasteiger partial charge in [0.05, 0.1) is 12.6 Å². The van der Waals surface area contributed by atoms with Crippen LogP contribution in [0.4, 0.5) is 0 Å². The molecule has 23 heavy (non-hydrogen) atoms. The van der Waals surface area contributed by atoms with Crippen molar-refractivity contribution in [1.82, 2.24) is 20.4 Å². The standard InChI is InChI=1S/C16H24N4O3/c1-2-4-16(5-3-6-16)10-18-14(22)12-7-13-15(23)17-8-11(21)9-20(13)19-12/h7,11,21H,2-6,8-10H2,1H3,(H,17,23)(H,18,22). The first-order chi connectivity index (χ1) is 11.0. The van der Waals surface area contributed by atoms with E-state index in [-0.39, 0.29) is 36.0 Å². The van der Waals surface area contributed by atoms with Gasteiger partial charge in [0.15, 0.2) is 5.69 Å². The normalized spacial score (nSPS) is 22.5. The van der Waals surface area contributed by atoms with Crippen molar-refractivity contribution in [2.24, 2.45) is 5.41 Å². The van der Waals surface area contributed by atoms with Gasteiger partial charge in [-0.25, -0.2) is 0 Å². The van der Waals surface area contributed by atoms with Crippen molar-refractivity contribution < 1.29 is 14.7 Å². The van der Waals surface area contributed by atoms with Crippen LogP contribution >= 0.6 is 0 Å². The highest BCUT2D eigenvalue weighted by Gasteiger charge is 2.36. The number of carbonyl (C=O) groups is 2. The van der Waals surface area contributed by atoms with E-state index < -0.39 is 6.10 Å². The number of amides is 2. The summed E-state index contributed by atoms with van der Waals surface area (Å²) in [4.78, 5) is 24.3. The van der Waals surface area contributed by atoms with Gasteiger partial charge in [-0.1, -0.05) is 19.8 Å². The van der Waals surface area contributed by atoms with Crippen LogP contribution in [0, 0.1) is 5.41 Å². The van der Waals surface area contributed by atoms with Gasteiger partial charge in [-0.05, 0) is 24.7 Å². The molecule has 2 amide bonds. The first-order valence-corrected chi connectivity index (χ1v) is 8.35. The minimum atomic E-state index is -0.696. The Balaban J connectivity index is 1.68. The van der Waals surface area contributed by atoms with Gasteiger partial charge in [0, 0.05) is 19.2 Å². The molecule has 1 fully saturated rings. The van der Waals surface area contributed by atoms with E-state index in [0.29, 0.717) is 12.2 Å². The van der Waals surface area contributed by atoms with Crippen LogP contribution in [-0.2, 0) is 6.54 Å². The molecule has 7 heteroatoms. The number of rotatable bonds is 5. The van der Waals surface area contributed by atoms with Gasteiger partial charge in [0.2, 0.25) is 0 Å². The van der Waals surface area contributed by atoms with Crippen molar-refractivity contribution in [1.29, 1.82) is 0 Å². The molecule has 1 aromatic heterocycles. The van der Waals surface area contributed by atoms with E-state index in [1.54, 1.807) is 0 Å². The fourth-order valence-electron chi connectivity index (χ4n) is 3.50. The molecule has 0 saturated heterocycles. The maximum atomic E-state index is 12.3. The van der Waals surface area contributed by atoms with E-state index in [1.807, 2.05) is 0 Å². The molecule has 0 radical (unpaired) electrons. The van der Waals surface area contributed by atoms with Crippen LogP contribution in [0.1, 0.15) is 60.0 Å². The summed E-state index contributed by atoms with van der Waals surface area (Å²) in [5, 5.41) is 19.5. The molecule has 126 valence electrons. The Bertz CT molecular complexity index is 606. The Kier molecular flexibility index (Phi) is 4.39. The Hall–Kier alpha value is -1.89. The molecule has 3 rings (SSSR count). The number of aliphatic hydroxyl groups is 1. The van der Waals surface area contributed by atoms with Crippen LogP contribution in [0.3, 0.4) is 0 Å². The molecule has 7 nitrogen and oxygen atoms in total. The fraction of sp³-hybridized carbons (Fsp3) is 0.688. The summed E-state index contributed by atoms with van der Waals surface area (Å²) in [6, 6.07) is 1.50. The minimum absolute atomic E-state index is 0.198. The van der Waals surface area contributed by atoms with Gasteiger partial charge in [-0.3, -0.25) is 14.3 Å². The van der Waals surface area contributed by atoms with Crippen molar-refractivity contribution in [3.63, 3.8) is 0 Å². The van der Waals surface area contributed by atoms with E-state index >= 15 is 0 Å². The predicted molar refractivity (Wildman–Crippen MR) is 84.1 cm³/mol. The maximum Gasteiger partial charge on any atom is 0.271 e. The number of hydrogen-bond acceptors (Lipinski definition) is 4. The van der Waals surface area contributed by atoms with Crippen LogP contribution < -0.4 is 10.6 Å². The van der Waals surface area contributed by atoms with Gasteiger partial charge in [0.25, 0.3) is 11.8 Å². The Morgan fingerprint density at radius 1 is 1.57 bits per heavy atom. The third kappa shape index (κ3) is 3.24. The van der Waals surface area contributed by atoms with Crippen molar-refractivity contribution in [3.8, 4) is 0 Å². The average Bonchev–Trinajstić information content (AvgIpc) is 2.85. The van der Waals surface area contributed by atoms with Gasteiger partial charge >= 0.3 is 0 Å². The zero-order valence-corrected chi connectivity index (χ0v) is 13.5. The highest BCUT2D eigenvalue weighted by Crippen LogP contribution is 2.44. The number of nitrogens with zero attached hydrogens (tertiary/aromatic N) is 2. The van der Waals surface area contributed by atoms with Crippen molar-refractivity contribution in [3.05, 3.63) is 17.5 Å². The summed E-state index contributed by atoms with van der Waals surface area (Å²) in [6.07, 6.45) is 5.10. The molecule has 1 aliphatic carbocycles. The summed E-state index contributed by atoms with van der Waals surface area (Å²) in [5.74, 6) is -0.565. The third-order valence-corrected chi connectivity index (χ3v) is 4.95. The summed E-state index contributed by atoms with van der Waals surface area (Å²) < 4.78 is 1.41. The third-order valence-electron chi connectivity index (χ3n) is 4.95. The molecule has 3 N–H and O–H groups in total. The molecule has 1 saturated carbocycles. The van der Waals surface area contributed by atoms with Crippen LogP contribution in [0.15, 0.2) is 6.07 Å². The minimum Gasteiger partial charge on any atom is -0.389 e. The van der Waals surface area contributed by atoms with E-state index in [1.165, 1.54) is 17.2 Å². The molecular formula is C16H24N4O3. The molecule has 0 spiro atoms.